The van der Waals surface area contributed by atoms with Crippen LogP contribution in [-0.2, 0) is 0 Å². The van der Waals surface area contributed by atoms with E-state index < -0.39 is 0 Å². The van der Waals surface area contributed by atoms with Gasteiger partial charge in [-0.25, -0.2) is 0 Å². The van der Waals surface area contributed by atoms with Crippen LogP contribution in [0.4, 0.5) is 0 Å². The molecule has 13 heavy (non-hydrogen) atoms. The average molecular weight is 184 g/mol. The first kappa shape index (κ1) is 9.44. The quantitative estimate of drug-likeness (QED) is 0.611. The second-order valence-corrected chi connectivity index (χ2v) is 4.21. The van der Waals surface area contributed by atoms with Crippen LogP contribution in [0.2, 0.25) is 0 Å². The van der Waals surface area contributed by atoms with Gasteiger partial charge in [-0.2, -0.15) is 0 Å². The molecule has 0 bridgehead atoms. The first-order chi connectivity index (χ1) is 6.38. The van der Waals surface area contributed by atoms with Gasteiger partial charge < -0.3 is 10.4 Å². The molecule has 1 heterocycles. The molecule has 1 saturated carbocycles. The third-order valence-corrected chi connectivity index (χ3v) is 3.29. The number of nitrogens with zero attached hydrogens (tertiary/aromatic N) is 1. The lowest BCUT2D eigenvalue weighted by Crippen LogP contribution is -2.42. The van der Waals surface area contributed by atoms with E-state index in [0.29, 0.717) is 6.04 Å². The summed E-state index contributed by atoms with van der Waals surface area (Å²) in [5.41, 5.74) is 0. The van der Waals surface area contributed by atoms with Crippen molar-refractivity contribution in [2.45, 2.75) is 37.8 Å². The van der Waals surface area contributed by atoms with Crippen molar-refractivity contribution < 1.29 is 5.11 Å². The van der Waals surface area contributed by atoms with E-state index >= 15 is 0 Å². The fourth-order valence-corrected chi connectivity index (χ4v) is 2.55. The molecule has 2 aliphatic rings. The summed E-state index contributed by atoms with van der Waals surface area (Å²) in [5, 5.41) is 13.2. The molecular weight excluding hydrogens is 164 g/mol. The summed E-state index contributed by atoms with van der Waals surface area (Å²) >= 11 is 0. The molecule has 76 valence electrons. The lowest BCUT2D eigenvalue weighted by atomic mass is 10.1. The Morgan fingerprint density at radius 1 is 1.08 bits per heavy atom. The molecule has 1 aliphatic carbocycles. The highest BCUT2D eigenvalue weighted by atomic mass is 16.3. The van der Waals surface area contributed by atoms with Gasteiger partial charge in [-0.1, -0.05) is 0 Å². The third kappa shape index (κ3) is 2.22. The van der Waals surface area contributed by atoms with E-state index in [9.17, 15) is 5.11 Å². The van der Waals surface area contributed by atoms with Gasteiger partial charge in [-0.3, -0.25) is 4.90 Å². The van der Waals surface area contributed by atoms with Crippen molar-refractivity contribution in [3.63, 3.8) is 0 Å². The first-order valence-electron chi connectivity index (χ1n) is 5.51. The molecule has 2 rings (SSSR count). The van der Waals surface area contributed by atoms with E-state index in [0.717, 1.165) is 32.6 Å². The van der Waals surface area contributed by atoms with Crippen LogP contribution in [0, 0.1) is 0 Å². The van der Waals surface area contributed by atoms with Gasteiger partial charge in [0.25, 0.3) is 0 Å². The molecule has 2 atom stereocenters. The molecule has 0 radical (unpaired) electrons. The van der Waals surface area contributed by atoms with Gasteiger partial charge in [0.15, 0.2) is 0 Å². The Hall–Kier alpha value is -0.120. The summed E-state index contributed by atoms with van der Waals surface area (Å²) in [6, 6.07) is 0.458. The van der Waals surface area contributed by atoms with Gasteiger partial charge in [0, 0.05) is 19.1 Å². The fourth-order valence-electron chi connectivity index (χ4n) is 2.55. The molecule has 1 saturated heterocycles. The summed E-state index contributed by atoms with van der Waals surface area (Å²) in [4.78, 5) is 2.47. The molecule has 0 aromatic rings. The molecule has 0 aromatic heterocycles. The van der Waals surface area contributed by atoms with Crippen LogP contribution in [-0.4, -0.2) is 48.3 Å². The highest BCUT2D eigenvalue weighted by molar-refractivity contribution is 4.86. The van der Waals surface area contributed by atoms with Gasteiger partial charge in [-0.05, 0) is 38.8 Å². The molecular formula is C10H20N2O. The van der Waals surface area contributed by atoms with E-state index in [1.54, 1.807) is 0 Å². The standard InChI is InChI=1S/C10H20N2O/c13-10-4-1-3-9(10)12-7-2-5-11-6-8-12/h9-11,13H,1-8H2. The fraction of sp³-hybridized carbons (Fsp3) is 1.00. The van der Waals surface area contributed by atoms with Gasteiger partial charge in [0.1, 0.15) is 0 Å². The Balaban J connectivity index is 1.89. The van der Waals surface area contributed by atoms with E-state index in [-0.39, 0.29) is 6.10 Å². The predicted octanol–water partition coefficient (Wildman–Crippen LogP) is 0.195. The molecule has 0 spiro atoms. The van der Waals surface area contributed by atoms with Crippen LogP contribution in [0.5, 0.6) is 0 Å². The Bertz CT molecular complexity index is 155. The van der Waals surface area contributed by atoms with Crippen LogP contribution >= 0.6 is 0 Å². The number of aliphatic hydroxyl groups excluding tert-OH is 1. The second-order valence-electron chi connectivity index (χ2n) is 4.21. The first-order valence-corrected chi connectivity index (χ1v) is 5.51. The topological polar surface area (TPSA) is 35.5 Å². The molecule has 2 N–H and O–H groups in total. The van der Waals surface area contributed by atoms with Crippen LogP contribution in [0.15, 0.2) is 0 Å². The van der Waals surface area contributed by atoms with Crippen molar-refractivity contribution in [3.05, 3.63) is 0 Å². The van der Waals surface area contributed by atoms with Gasteiger partial charge in [0.05, 0.1) is 6.10 Å². The van der Waals surface area contributed by atoms with Crippen LogP contribution in [0.25, 0.3) is 0 Å². The normalized spacial score (nSPS) is 37.6. The summed E-state index contributed by atoms with van der Waals surface area (Å²) in [6.45, 7) is 4.50. The van der Waals surface area contributed by atoms with E-state index in [2.05, 4.69) is 10.2 Å². The maximum Gasteiger partial charge on any atom is 0.0695 e. The third-order valence-electron chi connectivity index (χ3n) is 3.29. The highest BCUT2D eigenvalue weighted by Gasteiger charge is 2.30. The summed E-state index contributed by atoms with van der Waals surface area (Å²) in [7, 11) is 0. The molecule has 2 fully saturated rings. The minimum absolute atomic E-state index is 0.0573. The Morgan fingerprint density at radius 3 is 2.77 bits per heavy atom. The maximum absolute atomic E-state index is 9.77. The Morgan fingerprint density at radius 2 is 2.00 bits per heavy atom. The number of nitrogens with one attached hydrogen (secondary N) is 1. The van der Waals surface area contributed by atoms with Crippen LogP contribution in [0.1, 0.15) is 25.7 Å². The van der Waals surface area contributed by atoms with Crippen molar-refractivity contribution in [1.29, 1.82) is 0 Å². The summed E-state index contributed by atoms with van der Waals surface area (Å²) in [5.74, 6) is 0. The SMILES string of the molecule is OC1CCCC1N1CCCNCC1. The smallest absolute Gasteiger partial charge is 0.0695 e. The van der Waals surface area contributed by atoms with E-state index in [4.69, 9.17) is 0 Å². The van der Waals surface area contributed by atoms with Crippen molar-refractivity contribution >= 4 is 0 Å². The zero-order chi connectivity index (χ0) is 9.10. The van der Waals surface area contributed by atoms with Crippen molar-refractivity contribution in [1.82, 2.24) is 10.2 Å². The zero-order valence-electron chi connectivity index (χ0n) is 8.21. The van der Waals surface area contributed by atoms with E-state index in [1.165, 1.54) is 19.3 Å². The van der Waals surface area contributed by atoms with Gasteiger partial charge >= 0.3 is 0 Å². The lowest BCUT2D eigenvalue weighted by Gasteiger charge is -2.29. The molecule has 2 unspecified atom stereocenters. The largest absolute Gasteiger partial charge is 0.391 e. The average Bonchev–Trinajstić information content (AvgIpc) is 2.43. The zero-order valence-corrected chi connectivity index (χ0v) is 8.21. The Labute approximate surface area is 80.1 Å². The van der Waals surface area contributed by atoms with Crippen LogP contribution < -0.4 is 5.32 Å². The summed E-state index contributed by atoms with van der Waals surface area (Å²) in [6.07, 6.45) is 4.58. The molecule has 0 aromatic carbocycles. The van der Waals surface area contributed by atoms with Crippen molar-refractivity contribution in [2.24, 2.45) is 0 Å². The van der Waals surface area contributed by atoms with Crippen molar-refractivity contribution in [2.75, 3.05) is 26.2 Å². The number of hydrogen-bond acceptors (Lipinski definition) is 3. The van der Waals surface area contributed by atoms with Gasteiger partial charge in [-0.15, -0.1) is 0 Å². The Kier molecular flexibility index (Phi) is 3.19. The van der Waals surface area contributed by atoms with E-state index in [1.807, 2.05) is 0 Å². The lowest BCUT2D eigenvalue weighted by molar-refractivity contribution is 0.0747. The number of aliphatic hydroxyl groups is 1. The molecule has 3 heteroatoms. The highest BCUT2D eigenvalue weighted by Crippen LogP contribution is 2.24. The maximum atomic E-state index is 9.77. The minimum atomic E-state index is -0.0573. The summed E-state index contributed by atoms with van der Waals surface area (Å²) < 4.78 is 0. The van der Waals surface area contributed by atoms with Gasteiger partial charge in [0.2, 0.25) is 0 Å². The van der Waals surface area contributed by atoms with Crippen LogP contribution in [0.3, 0.4) is 0 Å². The molecule has 1 aliphatic heterocycles. The minimum Gasteiger partial charge on any atom is -0.391 e. The second kappa shape index (κ2) is 4.40. The molecule has 3 nitrogen and oxygen atoms in total. The predicted molar refractivity (Wildman–Crippen MR) is 52.7 cm³/mol. The number of hydrogen-bond donors (Lipinski definition) is 2. The monoisotopic (exact) mass is 184 g/mol. The number of rotatable bonds is 1. The molecule has 0 amide bonds. The van der Waals surface area contributed by atoms with Crippen molar-refractivity contribution in [3.8, 4) is 0 Å².